The number of nitrogens with one attached hydrogen (secondary N) is 1. The van der Waals surface area contributed by atoms with Crippen molar-refractivity contribution in [2.45, 2.75) is 6.54 Å². The molecule has 0 saturated heterocycles. The highest BCUT2D eigenvalue weighted by molar-refractivity contribution is 6.36. The summed E-state index contributed by atoms with van der Waals surface area (Å²) in [4.78, 5) is 24.3. The van der Waals surface area contributed by atoms with Crippen molar-refractivity contribution in [2.75, 3.05) is 5.32 Å². The number of rotatable bonds is 5. The summed E-state index contributed by atoms with van der Waals surface area (Å²) in [6, 6.07) is 11.2. The number of primary amides is 1. The SMILES string of the molecule is NC(=O)c1ccc(-c2nnn(CC(=O)Nc3ccc(Cl)cc3Cl)n2)cc1. The number of aromatic nitrogens is 4. The molecule has 0 unspecified atom stereocenters. The van der Waals surface area contributed by atoms with Crippen LogP contribution in [0, 0.1) is 0 Å². The monoisotopic (exact) mass is 390 g/mol. The van der Waals surface area contributed by atoms with E-state index in [1.807, 2.05) is 0 Å². The number of carbonyl (C=O) groups excluding carboxylic acids is 2. The average Bonchev–Trinajstić information content (AvgIpc) is 3.06. The van der Waals surface area contributed by atoms with E-state index < -0.39 is 5.91 Å². The van der Waals surface area contributed by atoms with Gasteiger partial charge in [-0.25, -0.2) is 0 Å². The van der Waals surface area contributed by atoms with Crippen LogP contribution in [0.1, 0.15) is 10.4 Å². The molecule has 0 atom stereocenters. The number of nitrogens with zero attached hydrogens (tertiary/aromatic N) is 4. The molecule has 0 spiro atoms. The second-order valence-electron chi connectivity index (χ2n) is 5.26. The fraction of sp³-hybridized carbons (Fsp3) is 0.0625. The van der Waals surface area contributed by atoms with Crippen LogP contribution in [0.4, 0.5) is 5.69 Å². The number of anilines is 1. The lowest BCUT2D eigenvalue weighted by Gasteiger charge is -2.06. The molecule has 10 heteroatoms. The van der Waals surface area contributed by atoms with Crippen LogP contribution in [-0.4, -0.2) is 32.0 Å². The summed E-state index contributed by atoms with van der Waals surface area (Å²) in [5, 5.41) is 15.3. The highest BCUT2D eigenvalue weighted by Crippen LogP contribution is 2.25. The first kappa shape index (κ1) is 17.8. The Morgan fingerprint density at radius 2 is 1.85 bits per heavy atom. The van der Waals surface area contributed by atoms with Gasteiger partial charge >= 0.3 is 0 Å². The zero-order chi connectivity index (χ0) is 18.7. The lowest BCUT2D eigenvalue weighted by Crippen LogP contribution is -2.20. The number of benzene rings is 2. The molecule has 0 aliphatic heterocycles. The minimum atomic E-state index is -0.523. The van der Waals surface area contributed by atoms with Gasteiger partial charge in [0.2, 0.25) is 17.6 Å². The molecule has 1 aromatic heterocycles. The Labute approximate surface area is 157 Å². The summed E-state index contributed by atoms with van der Waals surface area (Å²) >= 11 is 11.8. The second kappa shape index (κ2) is 7.51. The van der Waals surface area contributed by atoms with Gasteiger partial charge in [0.25, 0.3) is 0 Å². The summed E-state index contributed by atoms with van der Waals surface area (Å²) < 4.78 is 0. The van der Waals surface area contributed by atoms with Gasteiger partial charge < -0.3 is 11.1 Å². The van der Waals surface area contributed by atoms with Crippen molar-refractivity contribution in [3.63, 3.8) is 0 Å². The van der Waals surface area contributed by atoms with Crippen LogP contribution in [0.3, 0.4) is 0 Å². The normalized spacial score (nSPS) is 10.5. The van der Waals surface area contributed by atoms with Gasteiger partial charge in [-0.15, -0.1) is 10.2 Å². The molecule has 2 amide bonds. The standard InChI is InChI=1S/C16H12Cl2N6O2/c17-11-5-6-13(12(18)7-11)20-14(25)8-24-22-16(21-23-24)10-3-1-9(2-4-10)15(19)26/h1-7H,8H2,(H2,19,26)(H,20,25). The molecule has 3 rings (SSSR count). The van der Waals surface area contributed by atoms with Crippen molar-refractivity contribution >= 4 is 40.7 Å². The smallest absolute Gasteiger partial charge is 0.248 e. The van der Waals surface area contributed by atoms with Gasteiger partial charge in [-0.05, 0) is 35.5 Å². The molecular weight excluding hydrogens is 379 g/mol. The maximum atomic E-state index is 12.1. The van der Waals surface area contributed by atoms with E-state index in [0.29, 0.717) is 32.7 Å². The number of hydrogen-bond donors (Lipinski definition) is 2. The number of carbonyl (C=O) groups is 2. The lowest BCUT2D eigenvalue weighted by atomic mass is 10.1. The molecule has 0 aliphatic rings. The van der Waals surface area contributed by atoms with Gasteiger partial charge in [-0.1, -0.05) is 35.3 Å². The van der Waals surface area contributed by atoms with E-state index in [0.717, 1.165) is 4.80 Å². The fourth-order valence-corrected chi connectivity index (χ4v) is 2.57. The Balaban J connectivity index is 1.67. The summed E-state index contributed by atoms with van der Waals surface area (Å²) in [6.07, 6.45) is 0. The van der Waals surface area contributed by atoms with E-state index in [1.165, 1.54) is 6.07 Å². The van der Waals surface area contributed by atoms with Crippen LogP contribution in [-0.2, 0) is 11.3 Å². The first-order chi connectivity index (χ1) is 12.4. The summed E-state index contributed by atoms with van der Waals surface area (Å²) in [7, 11) is 0. The number of nitrogens with two attached hydrogens (primary N) is 1. The summed E-state index contributed by atoms with van der Waals surface area (Å²) in [6.45, 7) is -0.147. The van der Waals surface area contributed by atoms with Crippen LogP contribution in [0.5, 0.6) is 0 Å². The predicted molar refractivity (Wildman–Crippen MR) is 96.9 cm³/mol. The van der Waals surface area contributed by atoms with E-state index >= 15 is 0 Å². The zero-order valence-electron chi connectivity index (χ0n) is 13.2. The van der Waals surface area contributed by atoms with E-state index in [4.69, 9.17) is 28.9 Å². The number of hydrogen-bond acceptors (Lipinski definition) is 5. The molecule has 26 heavy (non-hydrogen) atoms. The Hall–Kier alpha value is -2.97. The lowest BCUT2D eigenvalue weighted by molar-refractivity contribution is -0.117. The van der Waals surface area contributed by atoms with Crippen molar-refractivity contribution in [3.05, 3.63) is 58.1 Å². The highest BCUT2D eigenvalue weighted by Gasteiger charge is 2.11. The average molecular weight is 391 g/mol. The van der Waals surface area contributed by atoms with Crippen LogP contribution >= 0.6 is 23.2 Å². The van der Waals surface area contributed by atoms with E-state index in [1.54, 1.807) is 36.4 Å². The molecule has 0 aliphatic carbocycles. The number of amides is 2. The van der Waals surface area contributed by atoms with Gasteiger partial charge in [0, 0.05) is 16.1 Å². The molecule has 0 radical (unpaired) electrons. The molecule has 3 N–H and O–H groups in total. The van der Waals surface area contributed by atoms with Crippen LogP contribution in [0.2, 0.25) is 10.0 Å². The quantitative estimate of drug-likeness (QED) is 0.693. The minimum Gasteiger partial charge on any atom is -0.366 e. The molecule has 8 nitrogen and oxygen atoms in total. The molecule has 132 valence electrons. The number of halogens is 2. The fourth-order valence-electron chi connectivity index (χ4n) is 2.12. The Kier molecular flexibility index (Phi) is 5.15. The van der Waals surface area contributed by atoms with E-state index in [9.17, 15) is 9.59 Å². The van der Waals surface area contributed by atoms with Crippen molar-refractivity contribution in [3.8, 4) is 11.4 Å². The molecule has 0 bridgehead atoms. The van der Waals surface area contributed by atoms with Gasteiger partial charge in [-0.2, -0.15) is 4.80 Å². The third kappa shape index (κ3) is 4.16. The topological polar surface area (TPSA) is 116 Å². The highest BCUT2D eigenvalue weighted by atomic mass is 35.5. The predicted octanol–water partition coefficient (Wildman–Crippen LogP) is 2.38. The van der Waals surface area contributed by atoms with Gasteiger partial charge in [0.05, 0.1) is 10.7 Å². The maximum Gasteiger partial charge on any atom is 0.248 e. The summed E-state index contributed by atoms with van der Waals surface area (Å²) in [5.41, 5.74) is 6.65. The molecule has 3 aromatic rings. The largest absolute Gasteiger partial charge is 0.366 e. The molecule has 0 saturated carbocycles. The second-order valence-corrected chi connectivity index (χ2v) is 6.10. The van der Waals surface area contributed by atoms with Crippen molar-refractivity contribution in [2.24, 2.45) is 5.73 Å². The van der Waals surface area contributed by atoms with Gasteiger partial charge in [-0.3, -0.25) is 9.59 Å². The Morgan fingerprint density at radius 3 is 2.50 bits per heavy atom. The maximum absolute atomic E-state index is 12.1. The van der Waals surface area contributed by atoms with E-state index in [2.05, 4.69) is 20.7 Å². The van der Waals surface area contributed by atoms with E-state index in [-0.39, 0.29) is 12.5 Å². The third-order valence-corrected chi connectivity index (χ3v) is 3.92. The number of tetrazole rings is 1. The minimum absolute atomic E-state index is 0.147. The van der Waals surface area contributed by atoms with Gasteiger partial charge in [0.15, 0.2) is 0 Å². The third-order valence-electron chi connectivity index (χ3n) is 3.37. The van der Waals surface area contributed by atoms with Crippen LogP contribution in [0.25, 0.3) is 11.4 Å². The molecule has 2 aromatic carbocycles. The summed E-state index contributed by atoms with van der Waals surface area (Å²) in [5.74, 6) is -0.578. The zero-order valence-corrected chi connectivity index (χ0v) is 14.7. The molecule has 1 heterocycles. The van der Waals surface area contributed by atoms with Crippen LogP contribution in [0.15, 0.2) is 42.5 Å². The first-order valence-corrected chi connectivity index (χ1v) is 8.11. The first-order valence-electron chi connectivity index (χ1n) is 7.35. The Bertz CT molecular complexity index is 971. The van der Waals surface area contributed by atoms with Crippen molar-refractivity contribution < 1.29 is 9.59 Å². The molecular formula is C16H12Cl2N6O2. The molecule has 0 fully saturated rings. The van der Waals surface area contributed by atoms with Crippen molar-refractivity contribution in [1.82, 2.24) is 20.2 Å². The van der Waals surface area contributed by atoms with Crippen LogP contribution < -0.4 is 11.1 Å². The Morgan fingerprint density at radius 1 is 1.12 bits per heavy atom. The van der Waals surface area contributed by atoms with Crippen molar-refractivity contribution in [1.29, 1.82) is 0 Å². The van der Waals surface area contributed by atoms with Gasteiger partial charge in [0.1, 0.15) is 6.54 Å².